The molecule has 1 N–H and O–H groups in total. The number of hydrogen-bond acceptors (Lipinski definition) is 7. The van der Waals surface area contributed by atoms with Gasteiger partial charge in [0, 0.05) is 44.0 Å². The van der Waals surface area contributed by atoms with E-state index in [0.29, 0.717) is 22.9 Å². The van der Waals surface area contributed by atoms with E-state index < -0.39 is 0 Å². The van der Waals surface area contributed by atoms with Crippen LogP contribution in [0.3, 0.4) is 0 Å². The predicted octanol–water partition coefficient (Wildman–Crippen LogP) is 3.07. The van der Waals surface area contributed by atoms with Crippen LogP contribution in [0.15, 0.2) is 60.9 Å². The smallest absolute Gasteiger partial charge is 0.260 e. The highest BCUT2D eigenvalue weighted by Crippen LogP contribution is 2.26. The number of piperazine rings is 1. The number of nitrogens with zero attached hydrogens (tertiary/aromatic N) is 4. The molecule has 3 aromatic rings. The lowest BCUT2D eigenvalue weighted by Gasteiger charge is -2.36. The Bertz CT molecular complexity index is 1040. The molecule has 2 heterocycles. The third-order valence-corrected chi connectivity index (χ3v) is 5.27. The lowest BCUT2D eigenvalue weighted by atomic mass is 10.1. The number of carbonyl (C=O) groups excluding carboxylic acids is 1. The maximum Gasteiger partial charge on any atom is 0.260 e. The molecule has 8 nitrogen and oxygen atoms in total. The van der Waals surface area contributed by atoms with Gasteiger partial charge >= 0.3 is 0 Å². The van der Waals surface area contributed by atoms with Gasteiger partial charge in [0.25, 0.3) is 5.91 Å². The van der Waals surface area contributed by atoms with Gasteiger partial charge in [0.2, 0.25) is 0 Å². The summed E-state index contributed by atoms with van der Waals surface area (Å²) >= 11 is 0. The van der Waals surface area contributed by atoms with Crippen LogP contribution in [-0.4, -0.2) is 56.3 Å². The number of para-hydroxylation sites is 1. The average molecular weight is 419 g/mol. The van der Waals surface area contributed by atoms with Gasteiger partial charge in [-0.1, -0.05) is 18.2 Å². The van der Waals surface area contributed by atoms with Gasteiger partial charge in [-0.15, -0.1) is 0 Å². The first kappa shape index (κ1) is 20.5. The predicted molar refractivity (Wildman–Crippen MR) is 120 cm³/mol. The van der Waals surface area contributed by atoms with E-state index in [-0.39, 0.29) is 5.91 Å². The van der Waals surface area contributed by atoms with Crippen molar-refractivity contribution in [1.82, 2.24) is 9.97 Å². The van der Waals surface area contributed by atoms with Gasteiger partial charge < -0.3 is 24.6 Å². The first-order valence-corrected chi connectivity index (χ1v) is 10.1. The van der Waals surface area contributed by atoms with Crippen molar-refractivity contribution < 1.29 is 14.3 Å². The number of anilines is 3. The van der Waals surface area contributed by atoms with Crippen LogP contribution in [0, 0.1) is 0 Å². The van der Waals surface area contributed by atoms with Crippen molar-refractivity contribution in [2.75, 3.05) is 55.5 Å². The minimum atomic E-state index is -0.307. The monoisotopic (exact) mass is 419 g/mol. The first-order chi connectivity index (χ1) is 15.2. The van der Waals surface area contributed by atoms with Gasteiger partial charge in [-0.05, 0) is 24.3 Å². The van der Waals surface area contributed by atoms with Crippen LogP contribution in [0.2, 0.25) is 0 Å². The van der Waals surface area contributed by atoms with E-state index in [1.807, 2.05) is 6.07 Å². The largest absolute Gasteiger partial charge is 0.497 e. The second-order valence-corrected chi connectivity index (χ2v) is 7.09. The Morgan fingerprint density at radius 1 is 0.903 bits per heavy atom. The number of methoxy groups -OCH3 is 2. The maximum absolute atomic E-state index is 12.8. The molecular formula is C23H25N5O3. The van der Waals surface area contributed by atoms with Crippen LogP contribution in [-0.2, 0) is 0 Å². The van der Waals surface area contributed by atoms with Gasteiger partial charge in [-0.2, -0.15) is 0 Å². The lowest BCUT2D eigenvalue weighted by Crippen LogP contribution is -2.46. The van der Waals surface area contributed by atoms with Crippen molar-refractivity contribution in [2.24, 2.45) is 0 Å². The Morgan fingerprint density at radius 2 is 1.65 bits per heavy atom. The van der Waals surface area contributed by atoms with Crippen LogP contribution >= 0.6 is 0 Å². The third kappa shape index (κ3) is 4.69. The van der Waals surface area contributed by atoms with Crippen molar-refractivity contribution >= 4 is 23.2 Å². The SMILES string of the molecule is COc1ccc(C(=O)Nc2cc(N3CCN(c4ccccc4)CC3)ncn2)c(OC)c1. The zero-order chi connectivity index (χ0) is 21.6. The van der Waals surface area contributed by atoms with Crippen LogP contribution in [0.4, 0.5) is 17.3 Å². The molecular weight excluding hydrogens is 394 g/mol. The van der Waals surface area contributed by atoms with E-state index >= 15 is 0 Å². The van der Waals surface area contributed by atoms with Crippen molar-refractivity contribution in [3.63, 3.8) is 0 Å². The Kier molecular flexibility index (Phi) is 6.16. The number of aromatic nitrogens is 2. The van der Waals surface area contributed by atoms with E-state index in [9.17, 15) is 4.79 Å². The standard InChI is InChI=1S/C23H25N5O3/c1-30-18-8-9-19(20(14-18)31-2)23(29)26-21-15-22(25-16-24-21)28-12-10-27(11-13-28)17-6-4-3-5-7-17/h3-9,14-16H,10-13H2,1-2H3,(H,24,25,26,29). The molecule has 0 unspecified atom stereocenters. The zero-order valence-corrected chi connectivity index (χ0v) is 17.6. The molecule has 2 aromatic carbocycles. The van der Waals surface area contributed by atoms with Crippen molar-refractivity contribution in [3.05, 3.63) is 66.5 Å². The number of benzene rings is 2. The molecule has 31 heavy (non-hydrogen) atoms. The molecule has 0 saturated carbocycles. The van der Waals surface area contributed by atoms with Gasteiger partial charge in [-0.25, -0.2) is 9.97 Å². The van der Waals surface area contributed by atoms with E-state index in [1.165, 1.54) is 19.1 Å². The second kappa shape index (κ2) is 9.34. The third-order valence-electron chi connectivity index (χ3n) is 5.27. The fourth-order valence-electron chi connectivity index (χ4n) is 3.59. The number of ether oxygens (including phenoxy) is 2. The molecule has 1 saturated heterocycles. The Hall–Kier alpha value is -3.81. The van der Waals surface area contributed by atoms with E-state index in [2.05, 4.69) is 49.4 Å². The minimum Gasteiger partial charge on any atom is -0.497 e. The highest BCUT2D eigenvalue weighted by atomic mass is 16.5. The molecule has 1 fully saturated rings. The van der Waals surface area contributed by atoms with Gasteiger partial charge in [0.05, 0.1) is 19.8 Å². The molecule has 0 radical (unpaired) electrons. The van der Waals surface area contributed by atoms with E-state index in [0.717, 1.165) is 32.0 Å². The lowest BCUT2D eigenvalue weighted by molar-refractivity contribution is 0.102. The van der Waals surface area contributed by atoms with Crippen LogP contribution in [0.25, 0.3) is 0 Å². The molecule has 8 heteroatoms. The van der Waals surface area contributed by atoms with E-state index in [4.69, 9.17) is 9.47 Å². The molecule has 0 bridgehead atoms. The van der Waals surface area contributed by atoms with Crippen molar-refractivity contribution in [2.45, 2.75) is 0 Å². The summed E-state index contributed by atoms with van der Waals surface area (Å²) in [5.41, 5.74) is 1.63. The average Bonchev–Trinajstić information content (AvgIpc) is 2.84. The highest BCUT2D eigenvalue weighted by Gasteiger charge is 2.20. The summed E-state index contributed by atoms with van der Waals surface area (Å²) in [7, 11) is 3.08. The Morgan fingerprint density at radius 3 is 2.35 bits per heavy atom. The summed E-state index contributed by atoms with van der Waals surface area (Å²) in [6.07, 6.45) is 1.47. The zero-order valence-electron chi connectivity index (χ0n) is 17.6. The van der Waals surface area contributed by atoms with E-state index in [1.54, 1.807) is 31.4 Å². The summed E-state index contributed by atoms with van der Waals surface area (Å²) in [6.45, 7) is 3.48. The van der Waals surface area contributed by atoms with Crippen LogP contribution in [0.5, 0.6) is 11.5 Å². The van der Waals surface area contributed by atoms with Gasteiger partial charge in [0.15, 0.2) is 0 Å². The Balaban J connectivity index is 1.43. The normalized spacial score (nSPS) is 13.6. The molecule has 1 amide bonds. The molecule has 0 spiro atoms. The second-order valence-electron chi connectivity index (χ2n) is 7.09. The first-order valence-electron chi connectivity index (χ1n) is 10.1. The van der Waals surface area contributed by atoms with Crippen molar-refractivity contribution in [1.29, 1.82) is 0 Å². The number of rotatable bonds is 6. The summed E-state index contributed by atoms with van der Waals surface area (Å²) in [5, 5.41) is 2.84. The molecule has 1 aliphatic rings. The summed E-state index contributed by atoms with van der Waals surface area (Å²) in [5.74, 6) is 1.98. The molecule has 4 rings (SSSR count). The number of nitrogens with one attached hydrogen (secondary N) is 1. The fourth-order valence-corrected chi connectivity index (χ4v) is 3.59. The number of carbonyl (C=O) groups is 1. The molecule has 160 valence electrons. The summed E-state index contributed by atoms with van der Waals surface area (Å²) in [4.78, 5) is 25.9. The Labute approximate surface area is 181 Å². The van der Waals surface area contributed by atoms with Crippen molar-refractivity contribution in [3.8, 4) is 11.5 Å². The van der Waals surface area contributed by atoms with Crippen LogP contribution in [0.1, 0.15) is 10.4 Å². The number of hydrogen-bond donors (Lipinski definition) is 1. The quantitative estimate of drug-likeness (QED) is 0.658. The topological polar surface area (TPSA) is 79.8 Å². The fraction of sp³-hybridized carbons (Fsp3) is 0.261. The summed E-state index contributed by atoms with van der Waals surface area (Å²) < 4.78 is 10.5. The number of amides is 1. The maximum atomic E-state index is 12.8. The summed E-state index contributed by atoms with van der Waals surface area (Å²) in [6, 6.07) is 17.2. The molecule has 0 aliphatic carbocycles. The molecule has 1 aromatic heterocycles. The molecule has 1 aliphatic heterocycles. The highest BCUT2D eigenvalue weighted by molar-refractivity contribution is 6.06. The molecule has 0 atom stereocenters. The van der Waals surface area contributed by atoms with Gasteiger partial charge in [-0.3, -0.25) is 4.79 Å². The minimum absolute atomic E-state index is 0.307. The van der Waals surface area contributed by atoms with Gasteiger partial charge in [0.1, 0.15) is 29.5 Å². The van der Waals surface area contributed by atoms with Crippen LogP contribution < -0.4 is 24.6 Å².